The van der Waals surface area contributed by atoms with Gasteiger partial charge in [-0.25, -0.2) is 0 Å². The maximum atomic E-state index is 6.36. The molecule has 5 heteroatoms. The van der Waals surface area contributed by atoms with E-state index < -0.39 is 0 Å². The molecular weight excluding hydrogens is 293 g/mol. The molecule has 1 unspecified atom stereocenters. The van der Waals surface area contributed by atoms with Crippen LogP contribution >= 0.6 is 23.2 Å². The van der Waals surface area contributed by atoms with Crippen LogP contribution in [0.25, 0.3) is 0 Å². The maximum Gasteiger partial charge on any atom is 0.0762 e. The van der Waals surface area contributed by atoms with Crippen LogP contribution in [-0.4, -0.2) is 16.3 Å². The highest BCUT2D eigenvalue weighted by Gasteiger charge is 2.19. The maximum absolute atomic E-state index is 6.36. The lowest BCUT2D eigenvalue weighted by molar-refractivity contribution is 0.530. The number of aromatic nitrogens is 2. The van der Waals surface area contributed by atoms with Gasteiger partial charge in [-0.15, -0.1) is 0 Å². The minimum absolute atomic E-state index is 0.0298. The predicted molar refractivity (Wildman–Crippen MR) is 84.5 cm³/mol. The van der Waals surface area contributed by atoms with E-state index in [1.807, 2.05) is 29.1 Å². The summed E-state index contributed by atoms with van der Waals surface area (Å²) in [6, 6.07) is 7.69. The van der Waals surface area contributed by atoms with Crippen molar-refractivity contribution in [1.82, 2.24) is 15.1 Å². The summed E-state index contributed by atoms with van der Waals surface area (Å²) in [4.78, 5) is 0. The van der Waals surface area contributed by atoms with Crippen LogP contribution in [-0.2, 0) is 6.54 Å². The third kappa shape index (κ3) is 3.35. The summed E-state index contributed by atoms with van der Waals surface area (Å²) < 4.78 is 1.98. The summed E-state index contributed by atoms with van der Waals surface area (Å²) in [6.45, 7) is 5.97. The average molecular weight is 312 g/mol. The van der Waals surface area contributed by atoms with Crippen LogP contribution in [0.4, 0.5) is 0 Å². The van der Waals surface area contributed by atoms with E-state index in [9.17, 15) is 0 Å². The van der Waals surface area contributed by atoms with Gasteiger partial charge in [0, 0.05) is 22.8 Å². The molecule has 0 spiro atoms. The fraction of sp³-hybridized carbons (Fsp3) is 0.400. The number of benzene rings is 1. The molecule has 20 heavy (non-hydrogen) atoms. The summed E-state index contributed by atoms with van der Waals surface area (Å²) in [6.07, 6.45) is 2.88. The van der Waals surface area contributed by atoms with E-state index in [1.54, 1.807) is 6.07 Å². The third-order valence-corrected chi connectivity index (χ3v) is 3.78. The first-order valence-electron chi connectivity index (χ1n) is 6.87. The number of nitrogens with zero attached hydrogens (tertiary/aromatic N) is 2. The first-order chi connectivity index (χ1) is 9.67. The van der Waals surface area contributed by atoms with Gasteiger partial charge in [0.05, 0.1) is 11.7 Å². The fourth-order valence-corrected chi connectivity index (χ4v) is 2.77. The molecule has 0 fully saturated rings. The van der Waals surface area contributed by atoms with Crippen molar-refractivity contribution in [3.63, 3.8) is 0 Å². The van der Waals surface area contributed by atoms with Crippen molar-refractivity contribution in [2.24, 2.45) is 0 Å². The lowest BCUT2D eigenvalue weighted by Crippen LogP contribution is -2.26. The zero-order valence-corrected chi connectivity index (χ0v) is 13.2. The van der Waals surface area contributed by atoms with Gasteiger partial charge in [0.15, 0.2) is 0 Å². The van der Waals surface area contributed by atoms with Crippen LogP contribution < -0.4 is 5.32 Å². The van der Waals surface area contributed by atoms with Crippen molar-refractivity contribution >= 4 is 23.2 Å². The highest BCUT2D eigenvalue weighted by atomic mass is 35.5. The predicted octanol–water partition coefficient (Wildman–Crippen LogP) is 4.30. The molecule has 108 valence electrons. The van der Waals surface area contributed by atoms with E-state index in [1.165, 1.54) is 0 Å². The van der Waals surface area contributed by atoms with E-state index in [-0.39, 0.29) is 6.04 Å². The number of halogens is 2. The highest BCUT2D eigenvalue weighted by molar-refractivity contribution is 6.35. The second kappa shape index (κ2) is 7.11. The molecule has 0 aliphatic carbocycles. The van der Waals surface area contributed by atoms with Gasteiger partial charge < -0.3 is 5.32 Å². The molecule has 2 rings (SSSR count). The molecule has 3 nitrogen and oxygen atoms in total. The van der Waals surface area contributed by atoms with Crippen molar-refractivity contribution in [2.45, 2.75) is 32.9 Å². The van der Waals surface area contributed by atoms with Crippen LogP contribution in [0.5, 0.6) is 0 Å². The molecule has 0 saturated carbocycles. The van der Waals surface area contributed by atoms with Crippen LogP contribution in [0.15, 0.2) is 30.5 Å². The molecule has 0 radical (unpaired) electrons. The number of rotatable bonds is 6. The summed E-state index contributed by atoms with van der Waals surface area (Å²) in [5, 5.41) is 9.20. The van der Waals surface area contributed by atoms with Gasteiger partial charge in [-0.05, 0) is 43.7 Å². The van der Waals surface area contributed by atoms with Crippen LogP contribution in [0.3, 0.4) is 0 Å². The van der Waals surface area contributed by atoms with Gasteiger partial charge >= 0.3 is 0 Å². The topological polar surface area (TPSA) is 29.9 Å². The van der Waals surface area contributed by atoms with Crippen LogP contribution in [0, 0.1) is 0 Å². The molecule has 0 aliphatic rings. The van der Waals surface area contributed by atoms with Crippen molar-refractivity contribution in [2.75, 3.05) is 6.54 Å². The van der Waals surface area contributed by atoms with Gasteiger partial charge in [-0.3, -0.25) is 4.68 Å². The Balaban J connectivity index is 2.41. The Morgan fingerprint density at radius 1 is 1.25 bits per heavy atom. The van der Waals surface area contributed by atoms with Gasteiger partial charge in [-0.1, -0.05) is 36.2 Å². The molecule has 0 bridgehead atoms. The quantitative estimate of drug-likeness (QED) is 0.862. The molecule has 1 heterocycles. The number of nitrogens with one attached hydrogen (secondary N) is 1. The molecule has 1 N–H and O–H groups in total. The number of hydrogen-bond donors (Lipinski definition) is 1. The SMILES string of the molecule is CCCNC(c1ccc(Cl)cc1Cl)c1ccnn1CC. The molecular formula is C15H19Cl2N3. The van der Waals surface area contributed by atoms with E-state index in [4.69, 9.17) is 23.2 Å². The third-order valence-electron chi connectivity index (χ3n) is 3.22. The second-order valence-electron chi connectivity index (χ2n) is 4.62. The van der Waals surface area contributed by atoms with Gasteiger partial charge in [0.1, 0.15) is 0 Å². The fourth-order valence-electron chi connectivity index (χ4n) is 2.25. The summed E-state index contributed by atoms with van der Waals surface area (Å²) in [5.41, 5.74) is 2.14. The monoisotopic (exact) mass is 311 g/mol. The molecule has 0 amide bonds. The average Bonchev–Trinajstić information content (AvgIpc) is 2.89. The lowest BCUT2D eigenvalue weighted by atomic mass is 10.0. The molecule has 1 aromatic heterocycles. The van der Waals surface area contributed by atoms with Crippen molar-refractivity contribution in [1.29, 1.82) is 0 Å². The second-order valence-corrected chi connectivity index (χ2v) is 5.47. The molecule has 0 aliphatic heterocycles. The molecule has 0 saturated heterocycles. The Kier molecular flexibility index (Phi) is 5.46. The Morgan fingerprint density at radius 3 is 2.70 bits per heavy atom. The lowest BCUT2D eigenvalue weighted by Gasteiger charge is -2.21. The van der Waals surface area contributed by atoms with Gasteiger partial charge in [-0.2, -0.15) is 5.10 Å². The Labute approximate surface area is 129 Å². The van der Waals surface area contributed by atoms with Gasteiger partial charge in [0.2, 0.25) is 0 Å². The first kappa shape index (κ1) is 15.4. The van der Waals surface area contributed by atoms with E-state index in [0.29, 0.717) is 10.0 Å². The Hall–Kier alpha value is -1.03. The van der Waals surface area contributed by atoms with E-state index >= 15 is 0 Å². The normalized spacial score (nSPS) is 12.6. The molecule has 1 atom stereocenters. The van der Waals surface area contributed by atoms with Crippen molar-refractivity contribution in [3.05, 3.63) is 51.8 Å². The minimum atomic E-state index is 0.0298. The zero-order valence-electron chi connectivity index (χ0n) is 11.7. The Bertz CT molecular complexity index is 566. The molecule has 1 aromatic carbocycles. The number of aryl methyl sites for hydroxylation is 1. The Morgan fingerprint density at radius 2 is 2.05 bits per heavy atom. The largest absolute Gasteiger partial charge is 0.305 e. The summed E-state index contributed by atoms with van der Waals surface area (Å²) >= 11 is 12.3. The number of hydrogen-bond acceptors (Lipinski definition) is 2. The van der Waals surface area contributed by atoms with Crippen LogP contribution in [0.1, 0.15) is 37.6 Å². The minimum Gasteiger partial charge on any atom is -0.305 e. The first-order valence-corrected chi connectivity index (χ1v) is 7.63. The van der Waals surface area contributed by atoms with E-state index in [0.717, 1.165) is 30.8 Å². The van der Waals surface area contributed by atoms with Crippen molar-refractivity contribution in [3.8, 4) is 0 Å². The van der Waals surface area contributed by atoms with E-state index in [2.05, 4.69) is 24.3 Å². The van der Waals surface area contributed by atoms with Gasteiger partial charge in [0.25, 0.3) is 0 Å². The zero-order chi connectivity index (χ0) is 14.5. The summed E-state index contributed by atoms with van der Waals surface area (Å²) in [7, 11) is 0. The molecule has 2 aromatic rings. The standard InChI is InChI=1S/C15H19Cl2N3/c1-3-8-18-15(14-7-9-19-20(14)4-2)12-6-5-11(16)10-13(12)17/h5-7,9-10,15,18H,3-4,8H2,1-2H3. The smallest absolute Gasteiger partial charge is 0.0762 e. The van der Waals surface area contributed by atoms with Crippen molar-refractivity contribution < 1.29 is 0 Å². The highest BCUT2D eigenvalue weighted by Crippen LogP contribution is 2.30. The van der Waals surface area contributed by atoms with Crippen LogP contribution in [0.2, 0.25) is 10.0 Å². The summed E-state index contributed by atoms with van der Waals surface area (Å²) in [5.74, 6) is 0.